The number of hydrogen-bond donors (Lipinski definition) is 0. The Morgan fingerprint density at radius 3 is 1.30 bits per heavy atom. The Labute approximate surface area is 271 Å². The van der Waals surface area contributed by atoms with E-state index >= 15 is 0 Å². The summed E-state index contributed by atoms with van der Waals surface area (Å²) in [6.45, 7) is 0. The van der Waals surface area contributed by atoms with Gasteiger partial charge in [-0.25, -0.2) is 15.0 Å². The summed E-state index contributed by atoms with van der Waals surface area (Å²) in [5.74, 6) is 1.95. The summed E-state index contributed by atoms with van der Waals surface area (Å²) >= 11 is 0. The minimum absolute atomic E-state index is 0.642. The molecule has 0 amide bonds. The van der Waals surface area contributed by atoms with Crippen LogP contribution in [-0.4, -0.2) is 19.5 Å². The van der Waals surface area contributed by atoms with Gasteiger partial charge in [-0.1, -0.05) is 133 Å². The first kappa shape index (κ1) is 25.9. The monoisotopic (exact) mass is 598 g/mol. The van der Waals surface area contributed by atoms with E-state index in [-0.39, 0.29) is 0 Å². The molecule has 218 valence electrons. The van der Waals surface area contributed by atoms with Gasteiger partial charge in [0, 0.05) is 33.2 Å². The highest BCUT2D eigenvalue weighted by Gasteiger charge is 2.24. The molecule has 4 nitrogen and oxygen atoms in total. The molecule has 10 rings (SSSR count). The summed E-state index contributed by atoms with van der Waals surface area (Å²) in [5.41, 5.74) is 11.4. The highest BCUT2D eigenvalue weighted by atomic mass is 15.0. The number of benzene rings is 7. The normalized spacial score (nSPS) is 11.8. The van der Waals surface area contributed by atoms with Gasteiger partial charge in [-0.2, -0.15) is 0 Å². The summed E-state index contributed by atoms with van der Waals surface area (Å²) in [6, 6.07) is 55.6. The van der Waals surface area contributed by atoms with E-state index in [0.717, 1.165) is 22.4 Å². The van der Waals surface area contributed by atoms with Gasteiger partial charge in [-0.15, -0.1) is 0 Å². The van der Waals surface area contributed by atoms with Crippen LogP contribution >= 0.6 is 0 Å². The lowest BCUT2D eigenvalue weighted by molar-refractivity contribution is 1.07. The van der Waals surface area contributed by atoms with Crippen molar-refractivity contribution in [1.82, 2.24) is 19.5 Å². The van der Waals surface area contributed by atoms with Gasteiger partial charge < -0.3 is 4.57 Å². The molecule has 0 spiro atoms. The minimum Gasteiger partial charge on any atom is -0.309 e. The zero-order valence-electron chi connectivity index (χ0n) is 25.3. The van der Waals surface area contributed by atoms with Crippen molar-refractivity contribution in [2.45, 2.75) is 0 Å². The Morgan fingerprint density at radius 1 is 0.340 bits per heavy atom. The Hall–Kier alpha value is -6.39. The third-order valence-electron chi connectivity index (χ3n) is 9.36. The number of fused-ring (bicyclic) bond motifs is 2. The van der Waals surface area contributed by atoms with Crippen LogP contribution in [0.1, 0.15) is 0 Å². The average molecular weight is 599 g/mol. The molecule has 47 heavy (non-hydrogen) atoms. The predicted molar refractivity (Wildman–Crippen MR) is 192 cm³/mol. The summed E-state index contributed by atoms with van der Waals surface area (Å²) in [6.07, 6.45) is 0. The molecular weight excluding hydrogens is 573 g/mol. The van der Waals surface area contributed by atoms with E-state index in [2.05, 4.69) is 102 Å². The lowest BCUT2D eigenvalue weighted by Crippen LogP contribution is -2.01. The molecule has 0 atom stereocenters. The molecule has 2 aromatic heterocycles. The molecule has 0 unspecified atom stereocenters. The van der Waals surface area contributed by atoms with E-state index in [4.69, 9.17) is 15.0 Å². The highest BCUT2D eigenvalue weighted by Crippen LogP contribution is 2.49. The highest BCUT2D eigenvalue weighted by molar-refractivity contribution is 6.27. The van der Waals surface area contributed by atoms with Crippen molar-refractivity contribution in [2.24, 2.45) is 0 Å². The maximum atomic E-state index is 5.01. The van der Waals surface area contributed by atoms with Gasteiger partial charge in [-0.05, 0) is 57.3 Å². The van der Waals surface area contributed by atoms with E-state index in [0.29, 0.717) is 17.5 Å². The van der Waals surface area contributed by atoms with Crippen molar-refractivity contribution in [3.8, 4) is 62.1 Å². The SMILES string of the molecule is c1ccc(-c2nc(-c3ccccc3)nc(-c3cccc(-n4c5cccc6c5c5c(cccc54)-c4cccc5cccc-6c45)c3)n2)cc1. The lowest BCUT2D eigenvalue weighted by Gasteiger charge is -2.14. The van der Waals surface area contributed by atoms with E-state index in [1.165, 1.54) is 54.8 Å². The first-order chi connectivity index (χ1) is 23.3. The minimum atomic E-state index is 0.642. The fourth-order valence-electron chi connectivity index (χ4n) is 7.35. The van der Waals surface area contributed by atoms with Crippen LogP contribution in [0.5, 0.6) is 0 Å². The quantitative estimate of drug-likeness (QED) is 0.202. The molecule has 0 saturated carbocycles. The number of nitrogens with zero attached hydrogens (tertiary/aromatic N) is 4. The van der Waals surface area contributed by atoms with E-state index in [1.54, 1.807) is 0 Å². The first-order valence-corrected chi connectivity index (χ1v) is 15.9. The summed E-state index contributed by atoms with van der Waals surface area (Å²) in [4.78, 5) is 14.9. The average Bonchev–Trinajstić information content (AvgIpc) is 3.43. The number of hydrogen-bond acceptors (Lipinski definition) is 3. The van der Waals surface area contributed by atoms with Crippen LogP contribution < -0.4 is 0 Å². The number of aromatic nitrogens is 4. The molecule has 4 heteroatoms. The number of rotatable bonds is 4. The van der Waals surface area contributed by atoms with Crippen molar-refractivity contribution < 1.29 is 0 Å². The van der Waals surface area contributed by atoms with Gasteiger partial charge in [0.2, 0.25) is 0 Å². The molecular formula is C43H26N4. The third kappa shape index (κ3) is 3.92. The standard InChI is InChI=1S/C43H26N4/c1-3-12-28(13-4-1)41-44-42(29-14-5-2-6-15-29)46-43(45-41)30-18-7-19-31(26-30)47-36-24-10-22-34-32-20-8-16-27-17-9-21-33(38(27)32)35-23-11-25-37(47)40(35)39(34)36/h1-26H. The summed E-state index contributed by atoms with van der Waals surface area (Å²) in [7, 11) is 0. The molecule has 0 saturated heterocycles. The molecule has 7 aromatic carbocycles. The van der Waals surface area contributed by atoms with Crippen LogP contribution in [0.3, 0.4) is 0 Å². The molecule has 0 radical (unpaired) electrons. The Bertz CT molecular complexity index is 2520. The zero-order valence-corrected chi connectivity index (χ0v) is 25.3. The molecule has 0 N–H and O–H groups in total. The predicted octanol–water partition coefficient (Wildman–Crippen LogP) is 10.8. The molecule has 9 aromatic rings. The summed E-state index contributed by atoms with van der Waals surface area (Å²) in [5, 5.41) is 5.15. The Balaban J connectivity index is 1.22. The van der Waals surface area contributed by atoms with Gasteiger partial charge in [0.25, 0.3) is 0 Å². The van der Waals surface area contributed by atoms with Gasteiger partial charge in [0.05, 0.1) is 11.0 Å². The Kier molecular flexibility index (Phi) is 5.54. The largest absolute Gasteiger partial charge is 0.309 e. The lowest BCUT2D eigenvalue weighted by atomic mass is 9.93. The van der Waals surface area contributed by atoms with E-state index in [1.807, 2.05) is 60.7 Å². The van der Waals surface area contributed by atoms with Crippen molar-refractivity contribution >= 4 is 32.6 Å². The fraction of sp³-hybridized carbons (Fsp3) is 0. The second-order valence-corrected chi connectivity index (χ2v) is 12.0. The smallest absolute Gasteiger partial charge is 0.164 e. The fourth-order valence-corrected chi connectivity index (χ4v) is 7.35. The molecule has 0 bridgehead atoms. The first-order valence-electron chi connectivity index (χ1n) is 15.9. The second kappa shape index (κ2) is 10.1. The van der Waals surface area contributed by atoms with Crippen LogP contribution in [0, 0.1) is 0 Å². The molecule has 0 aliphatic heterocycles. The molecule has 0 fully saturated rings. The third-order valence-corrected chi connectivity index (χ3v) is 9.36. The molecule has 1 aliphatic carbocycles. The second-order valence-electron chi connectivity index (χ2n) is 12.0. The van der Waals surface area contributed by atoms with Gasteiger partial charge in [0.15, 0.2) is 17.5 Å². The maximum Gasteiger partial charge on any atom is 0.164 e. The molecule has 2 heterocycles. The van der Waals surface area contributed by atoms with Crippen molar-refractivity contribution in [3.63, 3.8) is 0 Å². The van der Waals surface area contributed by atoms with Crippen molar-refractivity contribution in [1.29, 1.82) is 0 Å². The van der Waals surface area contributed by atoms with Crippen molar-refractivity contribution in [2.75, 3.05) is 0 Å². The van der Waals surface area contributed by atoms with Crippen molar-refractivity contribution in [3.05, 3.63) is 158 Å². The maximum absolute atomic E-state index is 5.01. The zero-order chi connectivity index (χ0) is 30.9. The van der Waals surface area contributed by atoms with Crippen LogP contribution in [0.2, 0.25) is 0 Å². The van der Waals surface area contributed by atoms with Crippen LogP contribution in [0.4, 0.5) is 0 Å². The van der Waals surface area contributed by atoms with Crippen LogP contribution in [0.15, 0.2) is 158 Å². The Morgan fingerprint density at radius 2 is 0.766 bits per heavy atom. The van der Waals surface area contributed by atoms with Crippen LogP contribution in [0.25, 0.3) is 94.7 Å². The topological polar surface area (TPSA) is 43.6 Å². The van der Waals surface area contributed by atoms with Gasteiger partial charge in [-0.3, -0.25) is 0 Å². The van der Waals surface area contributed by atoms with Gasteiger partial charge in [0.1, 0.15) is 0 Å². The van der Waals surface area contributed by atoms with Crippen LogP contribution in [-0.2, 0) is 0 Å². The van der Waals surface area contributed by atoms with Gasteiger partial charge >= 0.3 is 0 Å². The van der Waals surface area contributed by atoms with E-state index in [9.17, 15) is 0 Å². The van der Waals surface area contributed by atoms with E-state index < -0.39 is 0 Å². The summed E-state index contributed by atoms with van der Waals surface area (Å²) < 4.78 is 2.40. The molecule has 1 aliphatic rings.